The molecule has 23 heavy (non-hydrogen) atoms. The highest BCUT2D eigenvalue weighted by Gasteiger charge is 2.43. The molecular formula is C16H23N3O3S. The second kappa shape index (κ2) is 5.87. The van der Waals surface area contributed by atoms with Gasteiger partial charge in [-0.25, -0.2) is 4.98 Å². The van der Waals surface area contributed by atoms with Crippen molar-refractivity contribution in [1.29, 1.82) is 0 Å². The number of nitrogens with zero attached hydrogens (tertiary/aromatic N) is 3. The van der Waals surface area contributed by atoms with Crippen molar-refractivity contribution in [3.05, 3.63) is 16.1 Å². The largest absolute Gasteiger partial charge is 0.389 e. The van der Waals surface area contributed by atoms with Crippen molar-refractivity contribution in [2.45, 2.75) is 57.2 Å². The van der Waals surface area contributed by atoms with E-state index in [1.807, 2.05) is 4.90 Å². The van der Waals surface area contributed by atoms with Crippen LogP contribution in [0.2, 0.25) is 0 Å². The van der Waals surface area contributed by atoms with E-state index in [0.717, 1.165) is 25.7 Å². The molecule has 0 aromatic carbocycles. The lowest BCUT2D eigenvalue weighted by Crippen LogP contribution is -2.39. The average molecular weight is 337 g/mol. The third-order valence-corrected chi connectivity index (χ3v) is 5.39. The van der Waals surface area contributed by atoms with Gasteiger partial charge in [0.25, 0.3) is 11.8 Å². The van der Waals surface area contributed by atoms with E-state index in [1.54, 1.807) is 26.3 Å². The van der Waals surface area contributed by atoms with Gasteiger partial charge < -0.3 is 14.9 Å². The van der Waals surface area contributed by atoms with Gasteiger partial charge >= 0.3 is 0 Å². The summed E-state index contributed by atoms with van der Waals surface area (Å²) in [7, 11) is 1.63. The number of aromatic nitrogens is 1. The highest BCUT2D eigenvalue weighted by molar-refractivity contribution is 7.11. The molecule has 3 rings (SSSR count). The summed E-state index contributed by atoms with van der Waals surface area (Å²) in [5.41, 5.74) is -0.594. The van der Waals surface area contributed by atoms with E-state index in [2.05, 4.69) is 4.98 Å². The van der Waals surface area contributed by atoms with Gasteiger partial charge in [-0.3, -0.25) is 9.59 Å². The fraction of sp³-hybridized carbons (Fsp3) is 0.688. The first-order valence-electron chi connectivity index (χ1n) is 8.02. The van der Waals surface area contributed by atoms with Crippen molar-refractivity contribution in [1.82, 2.24) is 14.8 Å². The van der Waals surface area contributed by atoms with Gasteiger partial charge in [-0.05, 0) is 39.5 Å². The zero-order valence-electron chi connectivity index (χ0n) is 13.8. The normalized spacial score (nSPS) is 23.4. The van der Waals surface area contributed by atoms with Crippen LogP contribution in [0.3, 0.4) is 0 Å². The first-order chi connectivity index (χ1) is 10.8. The van der Waals surface area contributed by atoms with Crippen molar-refractivity contribution >= 4 is 23.2 Å². The fourth-order valence-electron chi connectivity index (χ4n) is 3.66. The Hall–Kier alpha value is -1.47. The minimum atomic E-state index is -0.963. The van der Waals surface area contributed by atoms with Gasteiger partial charge in [0.1, 0.15) is 5.69 Å². The second-order valence-corrected chi connectivity index (χ2v) is 8.04. The Balaban J connectivity index is 1.70. The van der Waals surface area contributed by atoms with Crippen LogP contribution in [-0.2, 0) is 0 Å². The molecule has 1 aromatic heterocycles. The van der Waals surface area contributed by atoms with E-state index in [4.69, 9.17) is 0 Å². The van der Waals surface area contributed by atoms with Crippen LogP contribution in [-0.4, -0.2) is 63.0 Å². The van der Waals surface area contributed by atoms with Gasteiger partial charge in [0.2, 0.25) is 0 Å². The Kier molecular flexibility index (Phi) is 4.18. The number of amides is 2. The molecule has 2 aliphatic rings. The average Bonchev–Trinajstić information content (AvgIpc) is 3.19. The first kappa shape index (κ1) is 16.4. The quantitative estimate of drug-likeness (QED) is 0.908. The van der Waals surface area contributed by atoms with Crippen LogP contribution >= 0.6 is 11.3 Å². The molecule has 0 unspecified atom stereocenters. The molecule has 6 nitrogen and oxygen atoms in total. The summed E-state index contributed by atoms with van der Waals surface area (Å²) in [6.07, 6.45) is 4.34. The van der Waals surface area contributed by atoms with Crippen molar-refractivity contribution in [2.24, 2.45) is 0 Å². The van der Waals surface area contributed by atoms with Gasteiger partial charge in [0.05, 0.1) is 5.60 Å². The van der Waals surface area contributed by atoms with Gasteiger partial charge in [-0.1, -0.05) is 0 Å². The van der Waals surface area contributed by atoms with Crippen LogP contribution in [0, 0.1) is 0 Å². The lowest BCUT2D eigenvalue weighted by atomic mass is 10.0. The first-order valence-corrected chi connectivity index (χ1v) is 8.90. The highest BCUT2D eigenvalue weighted by Crippen LogP contribution is 2.38. The van der Waals surface area contributed by atoms with Gasteiger partial charge in [0, 0.05) is 31.1 Å². The van der Waals surface area contributed by atoms with Crippen LogP contribution in [0.5, 0.6) is 0 Å². The number of thiazole rings is 1. The Bertz CT molecular complexity index is 602. The predicted octanol–water partition coefficient (Wildman–Crippen LogP) is 1.75. The highest BCUT2D eigenvalue weighted by atomic mass is 32.1. The maximum Gasteiger partial charge on any atom is 0.282 e. The standard InChI is InChI=1S/C16H23N3O3S/c1-16(2,22)9-18(3)15(21)13-17-12(8-23-13)14(20)19-10-4-5-11(19)7-6-10/h8,10-11,22H,4-7,9H2,1-3H3/t10-,11+. The predicted molar refractivity (Wildman–Crippen MR) is 87.6 cm³/mol. The lowest BCUT2D eigenvalue weighted by molar-refractivity contribution is 0.0367. The monoisotopic (exact) mass is 337 g/mol. The molecule has 1 aromatic rings. The summed E-state index contributed by atoms with van der Waals surface area (Å²) in [4.78, 5) is 32.7. The molecule has 126 valence electrons. The Morgan fingerprint density at radius 2 is 1.91 bits per heavy atom. The van der Waals surface area contributed by atoms with E-state index in [-0.39, 0.29) is 18.4 Å². The summed E-state index contributed by atoms with van der Waals surface area (Å²) in [6.45, 7) is 3.51. The molecule has 7 heteroatoms. The molecule has 3 heterocycles. The number of hydrogen-bond donors (Lipinski definition) is 1. The van der Waals surface area contributed by atoms with Crippen LogP contribution in [0.25, 0.3) is 0 Å². The van der Waals surface area contributed by atoms with E-state index >= 15 is 0 Å². The third-order valence-electron chi connectivity index (χ3n) is 4.56. The lowest BCUT2D eigenvalue weighted by Gasteiger charge is -2.24. The van der Waals surface area contributed by atoms with Crippen molar-refractivity contribution in [3.63, 3.8) is 0 Å². The summed E-state index contributed by atoms with van der Waals surface area (Å²) >= 11 is 1.19. The van der Waals surface area contributed by atoms with E-state index in [9.17, 15) is 14.7 Å². The number of fused-ring (bicyclic) bond motifs is 2. The molecule has 0 atom stereocenters. The Morgan fingerprint density at radius 1 is 1.35 bits per heavy atom. The molecule has 2 aliphatic heterocycles. The minimum absolute atomic E-state index is 0.0459. The molecule has 2 saturated heterocycles. The summed E-state index contributed by atoms with van der Waals surface area (Å²) in [5, 5.41) is 11.8. The maximum atomic E-state index is 12.6. The summed E-state index contributed by atoms with van der Waals surface area (Å²) in [5.74, 6) is -0.309. The molecule has 2 amide bonds. The fourth-order valence-corrected chi connectivity index (χ4v) is 4.45. The smallest absolute Gasteiger partial charge is 0.282 e. The zero-order valence-corrected chi connectivity index (χ0v) is 14.6. The van der Waals surface area contributed by atoms with E-state index in [0.29, 0.717) is 22.8 Å². The van der Waals surface area contributed by atoms with Gasteiger partial charge in [-0.15, -0.1) is 11.3 Å². The van der Waals surface area contributed by atoms with Crippen LogP contribution in [0.15, 0.2) is 5.38 Å². The van der Waals surface area contributed by atoms with E-state index < -0.39 is 5.60 Å². The molecule has 2 bridgehead atoms. The van der Waals surface area contributed by atoms with Gasteiger partial charge in [-0.2, -0.15) is 0 Å². The third kappa shape index (κ3) is 3.26. The van der Waals surface area contributed by atoms with E-state index in [1.165, 1.54) is 16.2 Å². The number of aliphatic hydroxyl groups is 1. The molecule has 0 spiro atoms. The Morgan fingerprint density at radius 3 is 2.43 bits per heavy atom. The minimum Gasteiger partial charge on any atom is -0.389 e. The van der Waals surface area contributed by atoms with Crippen LogP contribution in [0.4, 0.5) is 0 Å². The van der Waals surface area contributed by atoms with Crippen LogP contribution < -0.4 is 0 Å². The topological polar surface area (TPSA) is 73.7 Å². The summed E-state index contributed by atoms with van der Waals surface area (Å²) < 4.78 is 0. The second-order valence-electron chi connectivity index (χ2n) is 7.19. The van der Waals surface area contributed by atoms with Crippen molar-refractivity contribution in [2.75, 3.05) is 13.6 Å². The number of likely N-dealkylation sites (N-methyl/N-ethyl adjacent to an activating group) is 1. The van der Waals surface area contributed by atoms with Gasteiger partial charge in [0.15, 0.2) is 5.01 Å². The molecule has 0 radical (unpaired) electrons. The molecular weight excluding hydrogens is 314 g/mol. The van der Waals surface area contributed by atoms with Crippen molar-refractivity contribution < 1.29 is 14.7 Å². The number of carbonyl (C=O) groups is 2. The molecule has 1 N–H and O–H groups in total. The molecule has 2 fully saturated rings. The molecule has 0 saturated carbocycles. The zero-order chi connectivity index (χ0) is 16.8. The number of hydrogen-bond acceptors (Lipinski definition) is 5. The molecule has 0 aliphatic carbocycles. The number of carbonyl (C=O) groups excluding carboxylic acids is 2. The SMILES string of the molecule is CN(CC(C)(C)O)C(=O)c1nc(C(=O)N2[C@H]3CC[C@@H]2CC3)cs1. The van der Waals surface area contributed by atoms with Crippen LogP contribution in [0.1, 0.15) is 59.8 Å². The maximum absolute atomic E-state index is 12.6. The Labute approximate surface area is 140 Å². The summed E-state index contributed by atoms with van der Waals surface area (Å²) in [6, 6.07) is 0.706. The number of rotatable bonds is 4. The van der Waals surface area contributed by atoms with Crippen molar-refractivity contribution in [3.8, 4) is 0 Å².